The number of carboxylic acid groups (broad SMARTS) is 1. The van der Waals surface area contributed by atoms with Gasteiger partial charge < -0.3 is 28.8 Å². The van der Waals surface area contributed by atoms with Crippen molar-refractivity contribution in [2.45, 2.75) is 45.1 Å². The molecule has 30 heavy (non-hydrogen) atoms. The summed E-state index contributed by atoms with van der Waals surface area (Å²) in [7, 11) is -0.997. The molecule has 166 valence electrons. The van der Waals surface area contributed by atoms with E-state index in [0.717, 1.165) is 0 Å². The smallest absolute Gasteiger partial charge is 0.408 e. The van der Waals surface area contributed by atoms with E-state index in [1.165, 1.54) is 18.8 Å². The lowest BCUT2D eigenvalue weighted by Crippen LogP contribution is -2.45. The number of carbonyl (C=O) groups is 2. The van der Waals surface area contributed by atoms with Gasteiger partial charge in [-0.2, -0.15) is 0 Å². The number of halogens is 1. The fourth-order valence-electron chi connectivity index (χ4n) is 2.66. The molecule has 2 N–H and O–H groups in total. The first-order valence-electron chi connectivity index (χ1n) is 8.95. The number of fused-ring (bicyclic) bond motifs is 1. The van der Waals surface area contributed by atoms with Crippen molar-refractivity contribution in [2.75, 3.05) is 14.2 Å². The number of nitrogens with one attached hydrogen (secondary N) is 1. The van der Waals surface area contributed by atoms with Crippen LogP contribution in [0.5, 0.6) is 0 Å². The molecule has 1 heterocycles. The zero-order valence-corrected chi connectivity index (χ0v) is 19.0. The molecule has 0 aliphatic carbocycles. The van der Waals surface area contributed by atoms with E-state index in [1.807, 2.05) is 0 Å². The molecule has 0 aliphatic rings. The number of carbonyl (C=O) groups excluding carboxylic acids is 1. The SMILES string of the molecule is COP(=O)(Cn1c(C[C@@H](NC(=O)OC(C)(C)C)C(=O)O)nc2cc(Cl)ccc21)OC. The average Bonchev–Trinajstić information content (AvgIpc) is 2.95. The summed E-state index contributed by atoms with van der Waals surface area (Å²) in [4.78, 5) is 28.2. The topological polar surface area (TPSA) is 129 Å². The van der Waals surface area contributed by atoms with E-state index in [0.29, 0.717) is 16.1 Å². The number of aliphatic carboxylic acids is 1. The number of hydrogen-bond donors (Lipinski definition) is 2. The Morgan fingerprint density at radius 3 is 2.47 bits per heavy atom. The first-order valence-corrected chi connectivity index (χ1v) is 11.1. The van der Waals surface area contributed by atoms with Gasteiger partial charge in [0.15, 0.2) is 0 Å². The van der Waals surface area contributed by atoms with Gasteiger partial charge >= 0.3 is 19.7 Å². The Hall–Kier alpha value is -2.13. The summed E-state index contributed by atoms with van der Waals surface area (Å²) >= 11 is 6.03. The number of carboxylic acids is 1. The summed E-state index contributed by atoms with van der Waals surface area (Å²) in [5.74, 6) is -1.02. The molecular weight excluding hydrogens is 437 g/mol. The highest BCUT2D eigenvalue weighted by Gasteiger charge is 2.29. The molecule has 12 heteroatoms. The van der Waals surface area contributed by atoms with Crippen LogP contribution in [0.4, 0.5) is 4.79 Å². The molecule has 0 unspecified atom stereocenters. The van der Waals surface area contributed by atoms with Crippen LogP contribution in [-0.4, -0.2) is 52.6 Å². The minimum Gasteiger partial charge on any atom is -0.480 e. The summed E-state index contributed by atoms with van der Waals surface area (Å²) < 4.78 is 29.4. The number of ether oxygens (including phenoxy) is 1. The molecular formula is C18H25ClN3O7P. The second-order valence-corrected chi connectivity index (χ2v) is 10.1. The van der Waals surface area contributed by atoms with Crippen molar-refractivity contribution in [1.82, 2.24) is 14.9 Å². The fourth-order valence-corrected chi connectivity index (χ4v) is 3.87. The summed E-state index contributed by atoms with van der Waals surface area (Å²) in [5.41, 5.74) is 0.239. The van der Waals surface area contributed by atoms with Crippen LogP contribution in [0.1, 0.15) is 26.6 Å². The summed E-state index contributed by atoms with van der Waals surface area (Å²) in [6.07, 6.45) is -1.28. The van der Waals surface area contributed by atoms with Crippen molar-refractivity contribution in [3.63, 3.8) is 0 Å². The molecule has 0 spiro atoms. The normalized spacial score (nSPS) is 13.3. The van der Waals surface area contributed by atoms with E-state index in [1.54, 1.807) is 39.0 Å². The Balaban J connectivity index is 2.42. The van der Waals surface area contributed by atoms with Crippen molar-refractivity contribution in [3.05, 3.63) is 29.0 Å². The van der Waals surface area contributed by atoms with E-state index in [2.05, 4.69) is 10.3 Å². The van der Waals surface area contributed by atoms with E-state index >= 15 is 0 Å². The lowest BCUT2D eigenvalue weighted by atomic mass is 10.2. The van der Waals surface area contributed by atoms with Gasteiger partial charge in [0.05, 0.1) is 11.0 Å². The van der Waals surface area contributed by atoms with Gasteiger partial charge in [-0.15, -0.1) is 0 Å². The van der Waals surface area contributed by atoms with E-state index in [-0.39, 0.29) is 18.5 Å². The van der Waals surface area contributed by atoms with Crippen molar-refractivity contribution >= 4 is 42.3 Å². The van der Waals surface area contributed by atoms with Gasteiger partial charge in [0.2, 0.25) is 0 Å². The highest BCUT2D eigenvalue weighted by molar-refractivity contribution is 7.52. The Kier molecular flexibility index (Phi) is 7.52. The van der Waals surface area contributed by atoms with Crippen LogP contribution in [-0.2, 0) is 35.9 Å². The van der Waals surface area contributed by atoms with Gasteiger partial charge in [-0.1, -0.05) is 11.6 Å². The van der Waals surface area contributed by atoms with Crippen molar-refractivity contribution in [2.24, 2.45) is 0 Å². The molecule has 10 nitrogen and oxygen atoms in total. The van der Waals surface area contributed by atoms with Crippen LogP contribution in [0.2, 0.25) is 5.02 Å². The van der Waals surface area contributed by atoms with Crippen LogP contribution >= 0.6 is 19.2 Å². The van der Waals surface area contributed by atoms with Crippen molar-refractivity contribution in [1.29, 1.82) is 0 Å². The predicted octanol–water partition coefficient (Wildman–Crippen LogP) is 3.65. The molecule has 0 fully saturated rings. The average molecular weight is 462 g/mol. The Labute approximate surface area is 179 Å². The van der Waals surface area contributed by atoms with Gasteiger partial charge in [-0.3, -0.25) is 4.57 Å². The van der Waals surface area contributed by atoms with Crippen molar-refractivity contribution in [3.8, 4) is 0 Å². The maximum Gasteiger partial charge on any atom is 0.408 e. The summed E-state index contributed by atoms with van der Waals surface area (Å²) in [5, 5.41) is 12.3. The lowest BCUT2D eigenvalue weighted by molar-refractivity contribution is -0.139. The standard InChI is InChI=1S/C18H25ClN3O7P/c1-18(2,3)29-17(25)21-13(16(23)24)9-15-20-12-8-11(19)6-7-14(12)22(15)10-30(26,27-4)28-5/h6-8,13H,9-10H2,1-5H3,(H,21,25)(H,23,24)/t13-/m1/s1. The van der Waals surface area contributed by atoms with Gasteiger partial charge in [0.25, 0.3) is 0 Å². The molecule has 1 atom stereocenters. The van der Waals surface area contributed by atoms with E-state index in [9.17, 15) is 19.3 Å². The fraction of sp³-hybridized carbons (Fsp3) is 0.500. The third-order valence-electron chi connectivity index (χ3n) is 4.04. The van der Waals surface area contributed by atoms with Gasteiger partial charge in [0.1, 0.15) is 23.8 Å². The second kappa shape index (κ2) is 9.34. The molecule has 0 bridgehead atoms. The van der Waals surface area contributed by atoms with Gasteiger partial charge in [-0.05, 0) is 39.0 Å². The number of imidazole rings is 1. The first-order chi connectivity index (χ1) is 13.9. The number of amides is 1. The van der Waals surface area contributed by atoms with Crippen molar-refractivity contribution < 1.29 is 33.0 Å². The van der Waals surface area contributed by atoms with Crippen LogP contribution in [0.15, 0.2) is 18.2 Å². The number of nitrogens with zero attached hydrogens (tertiary/aromatic N) is 2. The van der Waals surface area contributed by atoms with E-state index in [4.69, 9.17) is 25.4 Å². The molecule has 1 aromatic heterocycles. The molecule has 1 aromatic carbocycles. The van der Waals surface area contributed by atoms with Gasteiger partial charge in [0, 0.05) is 25.7 Å². The largest absolute Gasteiger partial charge is 0.480 e. The minimum atomic E-state index is -3.51. The molecule has 0 aliphatic heterocycles. The Bertz CT molecular complexity index is 978. The molecule has 2 aromatic rings. The maximum absolute atomic E-state index is 12.7. The third-order valence-corrected chi connectivity index (χ3v) is 6.01. The Morgan fingerprint density at radius 2 is 1.93 bits per heavy atom. The summed E-state index contributed by atoms with van der Waals surface area (Å²) in [6.45, 7) is 5.00. The lowest BCUT2D eigenvalue weighted by Gasteiger charge is -2.22. The zero-order valence-electron chi connectivity index (χ0n) is 17.3. The van der Waals surface area contributed by atoms with Crippen LogP contribution < -0.4 is 5.32 Å². The summed E-state index contributed by atoms with van der Waals surface area (Å²) in [6, 6.07) is 3.55. The predicted molar refractivity (Wildman–Crippen MR) is 111 cm³/mol. The molecule has 0 radical (unpaired) electrons. The number of alkyl carbamates (subject to hydrolysis) is 1. The minimum absolute atomic E-state index is 0.200. The zero-order chi connectivity index (χ0) is 22.7. The van der Waals surface area contributed by atoms with E-state index < -0.39 is 31.3 Å². The number of aromatic nitrogens is 2. The number of hydrogen-bond acceptors (Lipinski definition) is 7. The first kappa shape index (κ1) is 24.1. The second-order valence-electron chi connectivity index (χ2n) is 7.45. The highest BCUT2D eigenvalue weighted by Crippen LogP contribution is 2.49. The molecule has 0 saturated heterocycles. The maximum atomic E-state index is 12.7. The highest BCUT2D eigenvalue weighted by atomic mass is 35.5. The molecule has 1 amide bonds. The third kappa shape index (κ3) is 6.18. The van der Waals surface area contributed by atoms with Gasteiger partial charge in [-0.25, -0.2) is 14.6 Å². The van der Waals surface area contributed by atoms with Crippen LogP contribution in [0.3, 0.4) is 0 Å². The quantitative estimate of drug-likeness (QED) is 0.570. The Morgan fingerprint density at radius 1 is 1.30 bits per heavy atom. The number of benzene rings is 1. The monoisotopic (exact) mass is 461 g/mol. The van der Waals surface area contributed by atoms with Crippen LogP contribution in [0, 0.1) is 0 Å². The molecule has 2 rings (SSSR count). The van der Waals surface area contributed by atoms with Crippen LogP contribution in [0.25, 0.3) is 11.0 Å². The number of rotatable bonds is 8. The molecule has 0 saturated carbocycles.